The summed E-state index contributed by atoms with van der Waals surface area (Å²) in [6.45, 7) is 19.6. The maximum absolute atomic E-state index is 2.54. The molecule has 7 unspecified atom stereocenters. The molecule has 0 saturated heterocycles. The molecular weight excluding hydrogens is 216 g/mol. The summed E-state index contributed by atoms with van der Waals surface area (Å²) >= 11 is 0. The van der Waals surface area contributed by atoms with Gasteiger partial charge in [-0.05, 0) is 47.3 Å². The summed E-state index contributed by atoms with van der Waals surface area (Å²) in [5, 5.41) is 0. The summed E-state index contributed by atoms with van der Waals surface area (Å²) in [5.74, 6) is 5.42. The van der Waals surface area contributed by atoms with Gasteiger partial charge in [-0.3, -0.25) is 0 Å². The Morgan fingerprint density at radius 2 is 1.61 bits per heavy atom. The first-order chi connectivity index (χ1) is 8.30. The summed E-state index contributed by atoms with van der Waals surface area (Å²) in [7, 11) is 0. The molecule has 0 aromatic rings. The fraction of sp³-hybridized carbons (Fsp3) is 1.00. The van der Waals surface area contributed by atoms with Crippen LogP contribution in [0.5, 0.6) is 0 Å². The van der Waals surface area contributed by atoms with Crippen LogP contribution in [0.4, 0.5) is 0 Å². The average molecular weight is 252 g/mol. The van der Waals surface area contributed by atoms with Crippen molar-refractivity contribution in [1.29, 1.82) is 0 Å². The number of hydrogen-bond donors (Lipinski definition) is 0. The van der Waals surface area contributed by atoms with Gasteiger partial charge in [0, 0.05) is 0 Å². The lowest BCUT2D eigenvalue weighted by Crippen LogP contribution is -2.26. The zero-order valence-corrected chi connectivity index (χ0v) is 14.1. The third-order valence-corrected chi connectivity index (χ3v) is 6.85. The van der Waals surface area contributed by atoms with Crippen LogP contribution < -0.4 is 0 Å². The fourth-order valence-electron chi connectivity index (χ4n) is 4.48. The largest absolute Gasteiger partial charge is 0.0651 e. The quantitative estimate of drug-likeness (QED) is 0.520. The van der Waals surface area contributed by atoms with Crippen molar-refractivity contribution in [3.05, 3.63) is 0 Å². The molecule has 7 atom stereocenters. The summed E-state index contributed by atoms with van der Waals surface area (Å²) in [6, 6.07) is 0. The maximum atomic E-state index is 2.54. The molecule has 18 heavy (non-hydrogen) atoms. The molecule has 1 rings (SSSR count). The van der Waals surface area contributed by atoms with Crippen molar-refractivity contribution in [1.82, 2.24) is 0 Å². The third kappa shape index (κ3) is 2.78. The molecular formula is C18H36. The first kappa shape index (κ1) is 16.1. The van der Waals surface area contributed by atoms with Crippen LogP contribution in [0.2, 0.25) is 0 Å². The molecule has 0 heterocycles. The van der Waals surface area contributed by atoms with Crippen molar-refractivity contribution in [2.45, 2.75) is 74.7 Å². The second kappa shape index (κ2) is 5.97. The zero-order valence-electron chi connectivity index (χ0n) is 14.1. The van der Waals surface area contributed by atoms with Crippen LogP contribution in [0.1, 0.15) is 74.7 Å². The molecule has 0 amide bonds. The summed E-state index contributed by atoms with van der Waals surface area (Å²) in [5.41, 5.74) is 0.623. The van der Waals surface area contributed by atoms with Gasteiger partial charge in [-0.1, -0.05) is 68.2 Å². The fourth-order valence-corrected chi connectivity index (χ4v) is 4.48. The van der Waals surface area contributed by atoms with Crippen LogP contribution in [-0.4, -0.2) is 0 Å². The minimum Gasteiger partial charge on any atom is -0.0651 e. The van der Waals surface area contributed by atoms with E-state index in [1.54, 1.807) is 0 Å². The lowest BCUT2D eigenvalue weighted by Gasteiger charge is -2.33. The van der Waals surface area contributed by atoms with Gasteiger partial charge in [0.05, 0.1) is 0 Å². The molecule has 0 spiro atoms. The Labute approximate surface area is 116 Å². The standard InChI is InChI=1S/C18H36/c1-9-12(3)11-13(4)14(5)15(6)18(8)16(7)17(18)10-2/h12-17H,9-11H2,1-8H3. The predicted octanol–water partition coefficient (Wildman–Crippen LogP) is 6.01. The monoisotopic (exact) mass is 252 g/mol. The molecule has 0 radical (unpaired) electrons. The topological polar surface area (TPSA) is 0 Å². The molecule has 0 nitrogen and oxygen atoms in total. The Morgan fingerprint density at radius 3 is 2.00 bits per heavy atom. The van der Waals surface area contributed by atoms with Gasteiger partial charge in [-0.25, -0.2) is 0 Å². The Kier molecular flexibility index (Phi) is 5.32. The van der Waals surface area contributed by atoms with E-state index in [1.807, 2.05) is 0 Å². The van der Waals surface area contributed by atoms with Crippen LogP contribution in [-0.2, 0) is 0 Å². The van der Waals surface area contributed by atoms with Crippen LogP contribution >= 0.6 is 0 Å². The number of rotatable bonds is 7. The summed E-state index contributed by atoms with van der Waals surface area (Å²) in [4.78, 5) is 0. The van der Waals surface area contributed by atoms with E-state index in [0.717, 1.165) is 35.5 Å². The SMILES string of the molecule is CCC(C)CC(C)C(C)C(C)C1(C)C(C)C1CC. The average Bonchev–Trinajstić information content (AvgIpc) is 2.89. The van der Waals surface area contributed by atoms with Gasteiger partial charge in [0.1, 0.15) is 0 Å². The normalized spacial score (nSPS) is 38.0. The minimum absolute atomic E-state index is 0.623. The number of hydrogen-bond acceptors (Lipinski definition) is 0. The van der Waals surface area contributed by atoms with E-state index in [2.05, 4.69) is 55.4 Å². The van der Waals surface area contributed by atoms with Gasteiger partial charge >= 0.3 is 0 Å². The van der Waals surface area contributed by atoms with E-state index in [9.17, 15) is 0 Å². The zero-order chi connectivity index (χ0) is 14.1. The highest BCUT2D eigenvalue weighted by molar-refractivity contribution is 5.08. The molecule has 0 aliphatic heterocycles. The summed E-state index contributed by atoms with van der Waals surface area (Å²) in [6.07, 6.45) is 4.11. The third-order valence-electron chi connectivity index (χ3n) is 6.85. The smallest absolute Gasteiger partial charge is 0.0238 e. The lowest BCUT2D eigenvalue weighted by molar-refractivity contribution is 0.158. The van der Waals surface area contributed by atoms with Crippen LogP contribution in [0, 0.1) is 40.9 Å². The maximum Gasteiger partial charge on any atom is -0.0238 e. The van der Waals surface area contributed by atoms with Gasteiger partial charge < -0.3 is 0 Å². The van der Waals surface area contributed by atoms with Crippen molar-refractivity contribution in [2.24, 2.45) is 40.9 Å². The summed E-state index contributed by atoms with van der Waals surface area (Å²) < 4.78 is 0. The molecule has 108 valence electrons. The van der Waals surface area contributed by atoms with Gasteiger partial charge in [0.2, 0.25) is 0 Å². The second-order valence-electron chi connectivity index (χ2n) is 7.54. The van der Waals surface area contributed by atoms with Crippen molar-refractivity contribution in [3.63, 3.8) is 0 Å². The molecule has 0 aromatic heterocycles. The molecule has 0 bridgehead atoms. The van der Waals surface area contributed by atoms with E-state index in [-0.39, 0.29) is 0 Å². The van der Waals surface area contributed by atoms with Crippen LogP contribution in [0.15, 0.2) is 0 Å². The van der Waals surface area contributed by atoms with E-state index in [1.165, 1.54) is 19.3 Å². The molecule has 1 saturated carbocycles. The van der Waals surface area contributed by atoms with Gasteiger partial charge in [-0.15, -0.1) is 0 Å². The van der Waals surface area contributed by atoms with Gasteiger partial charge in [-0.2, -0.15) is 0 Å². The Balaban J connectivity index is 2.59. The van der Waals surface area contributed by atoms with Crippen LogP contribution in [0.3, 0.4) is 0 Å². The molecule has 1 aliphatic carbocycles. The van der Waals surface area contributed by atoms with Gasteiger partial charge in [0.25, 0.3) is 0 Å². The first-order valence-electron chi connectivity index (χ1n) is 8.30. The van der Waals surface area contributed by atoms with E-state index < -0.39 is 0 Å². The molecule has 1 fully saturated rings. The molecule has 1 aliphatic rings. The predicted molar refractivity (Wildman–Crippen MR) is 82.6 cm³/mol. The Morgan fingerprint density at radius 1 is 1.06 bits per heavy atom. The highest BCUT2D eigenvalue weighted by Gasteiger charge is 2.60. The van der Waals surface area contributed by atoms with Crippen molar-refractivity contribution in [2.75, 3.05) is 0 Å². The highest BCUT2D eigenvalue weighted by Crippen LogP contribution is 2.66. The van der Waals surface area contributed by atoms with Crippen LogP contribution in [0.25, 0.3) is 0 Å². The Hall–Kier alpha value is 0. The van der Waals surface area contributed by atoms with E-state index in [0.29, 0.717) is 5.41 Å². The van der Waals surface area contributed by atoms with E-state index in [4.69, 9.17) is 0 Å². The van der Waals surface area contributed by atoms with Gasteiger partial charge in [0.15, 0.2) is 0 Å². The second-order valence-corrected chi connectivity index (χ2v) is 7.54. The van der Waals surface area contributed by atoms with Crippen molar-refractivity contribution in [3.8, 4) is 0 Å². The molecule has 0 heteroatoms. The first-order valence-corrected chi connectivity index (χ1v) is 8.30. The van der Waals surface area contributed by atoms with Crippen molar-refractivity contribution >= 4 is 0 Å². The lowest BCUT2D eigenvalue weighted by atomic mass is 9.72. The van der Waals surface area contributed by atoms with E-state index >= 15 is 0 Å². The minimum atomic E-state index is 0.623. The molecule has 0 aromatic carbocycles. The van der Waals surface area contributed by atoms with Crippen molar-refractivity contribution < 1.29 is 0 Å². The molecule has 0 N–H and O–H groups in total. The highest BCUT2D eigenvalue weighted by atomic mass is 14.6. The Bertz CT molecular complexity index is 257.